The van der Waals surface area contributed by atoms with Crippen LogP contribution in [0.4, 0.5) is 9.18 Å². The summed E-state index contributed by atoms with van der Waals surface area (Å²) in [6, 6.07) is 8.79. The first kappa shape index (κ1) is 18.2. The number of carbonyl (C=O) groups excluding carboxylic acids is 1. The van der Waals surface area contributed by atoms with Crippen molar-refractivity contribution in [3.63, 3.8) is 0 Å². The Hall–Kier alpha value is -2.19. The minimum Gasteiger partial charge on any atom is -0.445 e. The van der Waals surface area contributed by atoms with Crippen LogP contribution in [0.1, 0.15) is 23.9 Å². The van der Waals surface area contributed by atoms with E-state index in [9.17, 15) is 9.18 Å². The quantitative estimate of drug-likeness (QED) is 0.583. The number of hydrogen-bond donors (Lipinski definition) is 0. The summed E-state index contributed by atoms with van der Waals surface area (Å²) in [5.41, 5.74) is 1.44. The summed E-state index contributed by atoms with van der Waals surface area (Å²) < 4.78 is 21.8. The van der Waals surface area contributed by atoms with Gasteiger partial charge in [0.1, 0.15) is 28.7 Å². The van der Waals surface area contributed by atoms with Crippen molar-refractivity contribution in [3.8, 4) is 0 Å². The van der Waals surface area contributed by atoms with E-state index in [1.54, 1.807) is 10.6 Å². The number of halogens is 3. The van der Waals surface area contributed by atoms with Crippen LogP contribution in [0, 0.1) is 0 Å². The van der Waals surface area contributed by atoms with Crippen LogP contribution in [0.25, 0.3) is 5.52 Å². The van der Waals surface area contributed by atoms with E-state index in [1.807, 2.05) is 30.3 Å². The van der Waals surface area contributed by atoms with Gasteiger partial charge in [-0.25, -0.2) is 19.2 Å². The van der Waals surface area contributed by atoms with E-state index >= 15 is 0 Å². The van der Waals surface area contributed by atoms with Gasteiger partial charge in [0.2, 0.25) is 0 Å². The normalized spacial score (nSPS) is 19.6. The second kappa shape index (κ2) is 7.44. The number of carbonyl (C=O) groups is 1. The van der Waals surface area contributed by atoms with Crippen molar-refractivity contribution in [2.75, 3.05) is 6.54 Å². The number of alkyl halides is 1. The molecule has 2 atom stereocenters. The van der Waals surface area contributed by atoms with Gasteiger partial charge >= 0.3 is 6.09 Å². The van der Waals surface area contributed by atoms with E-state index in [4.69, 9.17) is 16.3 Å². The number of nitrogens with zero attached hydrogens (tertiary/aromatic N) is 4. The van der Waals surface area contributed by atoms with Crippen molar-refractivity contribution >= 4 is 39.1 Å². The maximum atomic E-state index is 14.2. The van der Waals surface area contributed by atoms with Crippen LogP contribution in [0.3, 0.4) is 0 Å². The highest BCUT2D eigenvalue weighted by atomic mass is 79.9. The van der Waals surface area contributed by atoms with Crippen LogP contribution >= 0.6 is 27.5 Å². The third kappa shape index (κ3) is 3.51. The first-order valence-corrected chi connectivity index (χ1v) is 9.51. The molecule has 1 aliphatic rings. The molecule has 3 heterocycles. The van der Waals surface area contributed by atoms with Crippen molar-refractivity contribution in [3.05, 3.63) is 63.9 Å². The molecule has 4 rings (SSSR count). The number of benzene rings is 1. The lowest BCUT2D eigenvalue weighted by molar-refractivity contribution is 0.0893. The van der Waals surface area contributed by atoms with Gasteiger partial charge in [-0.3, -0.25) is 9.30 Å². The van der Waals surface area contributed by atoms with E-state index in [0.717, 1.165) is 5.56 Å². The molecule has 0 saturated carbocycles. The molecule has 1 amide bonds. The molecule has 2 aromatic heterocycles. The van der Waals surface area contributed by atoms with Crippen molar-refractivity contribution in [1.29, 1.82) is 0 Å². The fraction of sp³-hybridized carbons (Fsp3) is 0.278. The molecule has 140 valence electrons. The van der Waals surface area contributed by atoms with Crippen molar-refractivity contribution < 1.29 is 13.9 Å². The number of likely N-dealkylation sites (tertiary alicyclic amines) is 1. The number of ether oxygens (including phenoxy) is 1. The van der Waals surface area contributed by atoms with Crippen LogP contribution in [0.2, 0.25) is 5.15 Å². The number of fused-ring (bicyclic) bond motifs is 1. The Morgan fingerprint density at radius 3 is 2.93 bits per heavy atom. The van der Waals surface area contributed by atoms with Crippen molar-refractivity contribution in [2.24, 2.45) is 0 Å². The number of hydrogen-bond acceptors (Lipinski definition) is 4. The third-order valence-electron chi connectivity index (χ3n) is 4.48. The van der Waals surface area contributed by atoms with Gasteiger partial charge in [0.15, 0.2) is 5.15 Å². The summed E-state index contributed by atoms with van der Waals surface area (Å²) in [5, 5.41) is 0.274. The summed E-state index contributed by atoms with van der Waals surface area (Å²) >= 11 is 9.51. The second-order valence-electron chi connectivity index (χ2n) is 6.24. The molecular formula is C18H15BrClFN4O2. The zero-order chi connectivity index (χ0) is 19.0. The third-order valence-corrected chi connectivity index (χ3v) is 5.31. The highest BCUT2D eigenvalue weighted by Gasteiger charge is 2.40. The smallest absolute Gasteiger partial charge is 0.410 e. The van der Waals surface area contributed by atoms with Gasteiger partial charge in [-0.2, -0.15) is 0 Å². The van der Waals surface area contributed by atoms with Crippen LogP contribution < -0.4 is 0 Å². The monoisotopic (exact) mass is 452 g/mol. The van der Waals surface area contributed by atoms with Gasteiger partial charge in [0, 0.05) is 18.8 Å². The molecule has 0 unspecified atom stereocenters. The minimum atomic E-state index is -1.15. The Kier molecular flexibility index (Phi) is 5.01. The predicted molar refractivity (Wildman–Crippen MR) is 101 cm³/mol. The molecule has 27 heavy (non-hydrogen) atoms. The summed E-state index contributed by atoms with van der Waals surface area (Å²) in [5.74, 6) is 0.512. The Balaban J connectivity index is 1.60. The largest absolute Gasteiger partial charge is 0.445 e. The molecule has 3 aromatic rings. The lowest BCUT2D eigenvalue weighted by Gasteiger charge is -2.22. The highest BCUT2D eigenvalue weighted by molar-refractivity contribution is 9.10. The van der Waals surface area contributed by atoms with E-state index in [2.05, 4.69) is 25.9 Å². The van der Waals surface area contributed by atoms with Crippen molar-refractivity contribution in [2.45, 2.75) is 25.2 Å². The molecule has 1 aliphatic heterocycles. The lowest BCUT2D eigenvalue weighted by Crippen LogP contribution is -2.32. The lowest BCUT2D eigenvalue weighted by atomic mass is 10.2. The minimum absolute atomic E-state index is 0.0381. The Bertz CT molecular complexity index is 984. The van der Waals surface area contributed by atoms with Gasteiger partial charge < -0.3 is 4.74 Å². The van der Waals surface area contributed by atoms with Crippen LogP contribution in [0.15, 0.2) is 47.3 Å². The standard InChI is InChI=1S/C18H15BrClFN4O2/c19-15-14-16(20)22-6-7-24(14)17(23-15)13-8-12(21)9-25(13)18(26)27-10-11-4-2-1-3-5-11/h1-7,12-13H,8-10H2/t12-,13-/m0/s1. The number of imidazole rings is 1. The maximum absolute atomic E-state index is 14.2. The molecular weight excluding hydrogens is 439 g/mol. The molecule has 1 aromatic carbocycles. The van der Waals surface area contributed by atoms with E-state index in [1.165, 1.54) is 11.1 Å². The number of aromatic nitrogens is 3. The van der Waals surface area contributed by atoms with E-state index in [-0.39, 0.29) is 24.7 Å². The molecule has 0 spiro atoms. The Labute approximate surface area is 168 Å². The number of amides is 1. The Morgan fingerprint density at radius 2 is 2.15 bits per heavy atom. The maximum Gasteiger partial charge on any atom is 0.410 e. The molecule has 1 fully saturated rings. The SMILES string of the molecule is O=C(OCc1ccccc1)N1C[C@@H](F)C[C@H]1c1nc(Br)c2c(Cl)nccn12. The summed E-state index contributed by atoms with van der Waals surface area (Å²) in [6.45, 7) is 0.0885. The van der Waals surface area contributed by atoms with Gasteiger partial charge in [-0.15, -0.1) is 0 Å². The topological polar surface area (TPSA) is 59.7 Å². The zero-order valence-electron chi connectivity index (χ0n) is 14.1. The van der Waals surface area contributed by atoms with E-state index in [0.29, 0.717) is 15.9 Å². The highest BCUT2D eigenvalue weighted by Crippen LogP contribution is 2.36. The molecule has 9 heteroatoms. The predicted octanol–water partition coefficient (Wildman–Crippen LogP) is 4.57. The first-order chi connectivity index (χ1) is 13.0. The summed E-state index contributed by atoms with van der Waals surface area (Å²) in [6.07, 6.45) is 1.64. The fourth-order valence-electron chi connectivity index (χ4n) is 3.25. The van der Waals surface area contributed by atoms with Gasteiger partial charge in [-0.1, -0.05) is 41.9 Å². The van der Waals surface area contributed by atoms with E-state index < -0.39 is 18.3 Å². The second-order valence-corrected chi connectivity index (χ2v) is 7.35. The summed E-state index contributed by atoms with van der Waals surface area (Å²) in [4.78, 5) is 22.5. The Morgan fingerprint density at radius 1 is 1.37 bits per heavy atom. The molecule has 0 N–H and O–H groups in total. The van der Waals surface area contributed by atoms with Gasteiger partial charge in [0.25, 0.3) is 0 Å². The molecule has 0 aliphatic carbocycles. The fourth-order valence-corrected chi connectivity index (χ4v) is 4.16. The van der Waals surface area contributed by atoms with Crippen LogP contribution in [0.5, 0.6) is 0 Å². The summed E-state index contributed by atoms with van der Waals surface area (Å²) in [7, 11) is 0. The van der Waals surface area contributed by atoms with Gasteiger partial charge in [0.05, 0.1) is 12.6 Å². The first-order valence-electron chi connectivity index (χ1n) is 8.34. The van der Waals surface area contributed by atoms with Gasteiger partial charge in [-0.05, 0) is 21.5 Å². The number of rotatable bonds is 3. The average molecular weight is 454 g/mol. The molecule has 1 saturated heterocycles. The molecule has 6 nitrogen and oxygen atoms in total. The average Bonchev–Trinajstić information content (AvgIpc) is 3.21. The molecule has 0 radical (unpaired) electrons. The van der Waals surface area contributed by atoms with Crippen LogP contribution in [-0.2, 0) is 11.3 Å². The van der Waals surface area contributed by atoms with Crippen LogP contribution in [-0.4, -0.2) is 38.1 Å². The van der Waals surface area contributed by atoms with Crippen molar-refractivity contribution in [1.82, 2.24) is 19.3 Å². The zero-order valence-corrected chi connectivity index (χ0v) is 16.4. The molecule has 0 bridgehead atoms.